The van der Waals surface area contributed by atoms with Gasteiger partial charge in [0.05, 0.1) is 0 Å². The summed E-state index contributed by atoms with van der Waals surface area (Å²) in [6, 6.07) is 7.82. The molecule has 0 atom stereocenters. The van der Waals surface area contributed by atoms with Crippen molar-refractivity contribution in [3.8, 4) is 0 Å². The van der Waals surface area contributed by atoms with E-state index in [-0.39, 0.29) is 5.56 Å². The quantitative estimate of drug-likeness (QED) is 0.412. The normalized spacial score (nSPS) is 12.1. The molecule has 0 radical (unpaired) electrons. The molecule has 0 aromatic heterocycles. The summed E-state index contributed by atoms with van der Waals surface area (Å²) in [6.07, 6.45) is -2.75. The Bertz CT molecular complexity index is 272. The van der Waals surface area contributed by atoms with Crippen molar-refractivity contribution in [2.24, 2.45) is 5.16 Å². The Labute approximate surface area is 68.1 Å². The predicted molar refractivity (Wildman–Crippen MR) is 40.8 cm³/mol. The number of rotatable bonds is 2. The molecule has 1 aromatic rings. The number of hydrogen-bond donors (Lipinski definition) is 1. The smallest absolute Gasteiger partial charge is 0.284 e. The highest BCUT2D eigenvalue weighted by molar-refractivity contribution is 6.02. The zero-order chi connectivity index (χ0) is 8.97. The lowest BCUT2D eigenvalue weighted by molar-refractivity contribution is 0.215. The molecule has 4 heteroatoms. The highest BCUT2D eigenvalue weighted by Crippen LogP contribution is 2.07. The molecule has 0 heterocycles. The minimum Gasteiger partial charge on any atom is -0.410 e. The maximum atomic E-state index is 12.1. The first kappa shape index (κ1) is 8.64. The van der Waals surface area contributed by atoms with Crippen LogP contribution in [0.5, 0.6) is 0 Å². The lowest BCUT2D eigenvalue weighted by Crippen LogP contribution is -2.11. The van der Waals surface area contributed by atoms with Gasteiger partial charge in [-0.05, 0) is 0 Å². The molecule has 1 rings (SSSR count). The van der Waals surface area contributed by atoms with Crippen molar-refractivity contribution >= 4 is 5.71 Å². The molecule has 0 fully saturated rings. The molecule has 0 spiro atoms. The Morgan fingerprint density at radius 3 is 2.25 bits per heavy atom. The second-order valence-electron chi connectivity index (χ2n) is 2.15. The van der Waals surface area contributed by atoms with Gasteiger partial charge >= 0.3 is 0 Å². The molecular formula is C8H7F2NO. The fourth-order valence-corrected chi connectivity index (χ4v) is 0.836. The Morgan fingerprint density at radius 1 is 1.25 bits per heavy atom. The molecule has 12 heavy (non-hydrogen) atoms. The summed E-state index contributed by atoms with van der Waals surface area (Å²) >= 11 is 0. The molecule has 2 nitrogen and oxygen atoms in total. The maximum Gasteiger partial charge on any atom is 0.284 e. The first-order chi connectivity index (χ1) is 5.75. The fraction of sp³-hybridized carbons (Fsp3) is 0.125. The lowest BCUT2D eigenvalue weighted by Gasteiger charge is -2.01. The zero-order valence-corrected chi connectivity index (χ0v) is 6.11. The van der Waals surface area contributed by atoms with Crippen LogP contribution in [0.25, 0.3) is 0 Å². The van der Waals surface area contributed by atoms with Crippen LogP contribution in [0, 0.1) is 0 Å². The zero-order valence-electron chi connectivity index (χ0n) is 6.11. The van der Waals surface area contributed by atoms with E-state index in [9.17, 15) is 8.78 Å². The average molecular weight is 171 g/mol. The number of halogens is 2. The average Bonchev–Trinajstić information content (AvgIpc) is 2.07. The van der Waals surface area contributed by atoms with Gasteiger partial charge < -0.3 is 5.21 Å². The third kappa shape index (κ3) is 1.78. The van der Waals surface area contributed by atoms with Crippen LogP contribution in [0.15, 0.2) is 35.5 Å². The highest BCUT2D eigenvalue weighted by atomic mass is 19.3. The van der Waals surface area contributed by atoms with Crippen LogP contribution < -0.4 is 0 Å². The molecule has 0 aliphatic heterocycles. The van der Waals surface area contributed by atoms with Gasteiger partial charge in [0.2, 0.25) is 0 Å². The lowest BCUT2D eigenvalue weighted by atomic mass is 10.1. The Balaban J connectivity index is 2.97. The van der Waals surface area contributed by atoms with E-state index in [1.165, 1.54) is 12.1 Å². The van der Waals surface area contributed by atoms with E-state index in [0.29, 0.717) is 0 Å². The van der Waals surface area contributed by atoms with Crippen molar-refractivity contribution in [1.29, 1.82) is 0 Å². The van der Waals surface area contributed by atoms with Crippen molar-refractivity contribution in [2.45, 2.75) is 6.43 Å². The second kappa shape index (κ2) is 3.80. The fourth-order valence-electron chi connectivity index (χ4n) is 0.836. The summed E-state index contributed by atoms with van der Waals surface area (Å²) < 4.78 is 24.2. The molecule has 0 aliphatic carbocycles. The van der Waals surface area contributed by atoms with E-state index < -0.39 is 12.1 Å². The summed E-state index contributed by atoms with van der Waals surface area (Å²) in [4.78, 5) is 0. The summed E-state index contributed by atoms with van der Waals surface area (Å²) in [6.45, 7) is 0. The first-order valence-corrected chi connectivity index (χ1v) is 3.31. The van der Waals surface area contributed by atoms with Crippen LogP contribution in [0.2, 0.25) is 0 Å². The topological polar surface area (TPSA) is 32.6 Å². The molecule has 0 aliphatic rings. The van der Waals surface area contributed by atoms with Crippen LogP contribution in [0.3, 0.4) is 0 Å². The predicted octanol–water partition coefficient (Wildman–Crippen LogP) is 2.13. The molecule has 0 bridgehead atoms. The van der Waals surface area contributed by atoms with E-state index >= 15 is 0 Å². The Hall–Kier alpha value is -1.45. The van der Waals surface area contributed by atoms with Gasteiger partial charge in [-0.3, -0.25) is 0 Å². The van der Waals surface area contributed by atoms with E-state index in [1.807, 2.05) is 0 Å². The van der Waals surface area contributed by atoms with Gasteiger partial charge in [-0.1, -0.05) is 35.5 Å². The van der Waals surface area contributed by atoms with E-state index in [4.69, 9.17) is 5.21 Å². The molecule has 0 unspecified atom stereocenters. The molecule has 0 saturated carbocycles. The first-order valence-electron chi connectivity index (χ1n) is 3.31. The van der Waals surface area contributed by atoms with Crippen LogP contribution in [0.4, 0.5) is 8.78 Å². The van der Waals surface area contributed by atoms with Crippen molar-refractivity contribution in [3.63, 3.8) is 0 Å². The summed E-state index contributed by atoms with van der Waals surface area (Å²) in [5, 5.41) is 10.8. The SMILES string of the molecule is O/N=C(\c1ccccc1)C(F)F. The van der Waals surface area contributed by atoms with Crippen molar-refractivity contribution in [2.75, 3.05) is 0 Å². The molecule has 0 amide bonds. The minimum absolute atomic E-state index is 0.231. The number of benzene rings is 1. The van der Waals surface area contributed by atoms with E-state index in [2.05, 4.69) is 5.16 Å². The third-order valence-electron chi connectivity index (χ3n) is 1.38. The van der Waals surface area contributed by atoms with Gasteiger partial charge in [-0.15, -0.1) is 0 Å². The minimum atomic E-state index is -2.75. The van der Waals surface area contributed by atoms with Gasteiger partial charge in [-0.2, -0.15) is 0 Å². The Morgan fingerprint density at radius 2 is 1.83 bits per heavy atom. The van der Waals surface area contributed by atoms with Gasteiger partial charge in [0, 0.05) is 5.56 Å². The molecule has 64 valence electrons. The van der Waals surface area contributed by atoms with Gasteiger partial charge in [0.15, 0.2) is 5.71 Å². The molecule has 1 N–H and O–H groups in total. The summed E-state index contributed by atoms with van der Waals surface area (Å²) in [5.41, 5.74) is -0.370. The highest BCUT2D eigenvalue weighted by Gasteiger charge is 2.15. The van der Waals surface area contributed by atoms with E-state index in [0.717, 1.165) is 0 Å². The number of nitrogens with zero attached hydrogens (tertiary/aromatic N) is 1. The number of alkyl halides is 2. The van der Waals surface area contributed by atoms with Crippen LogP contribution in [-0.4, -0.2) is 17.3 Å². The van der Waals surface area contributed by atoms with Crippen LogP contribution >= 0.6 is 0 Å². The van der Waals surface area contributed by atoms with E-state index in [1.54, 1.807) is 18.2 Å². The van der Waals surface area contributed by atoms with Crippen LogP contribution in [-0.2, 0) is 0 Å². The number of oxime groups is 1. The maximum absolute atomic E-state index is 12.1. The van der Waals surface area contributed by atoms with Crippen LogP contribution in [0.1, 0.15) is 5.56 Å². The van der Waals surface area contributed by atoms with Crippen molar-refractivity contribution < 1.29 is 14.0 Å². The standard InChI is InChI=1S/C8H7F2NO/c9-8(10)7(11-12)6-4-2-1-3-5-6/h1-5,8,12H/b11-7+. The largest absolute Gasteiger partial charge is 0.410 e. The van der Waals surface area contributed by atoms with Gasteiger partial charge in [-0.25, -0.2) is 8.78 Å². The summed E-state index contributed by atoms with van der Waals surface area (Å²) in [5.74, 6) is 0. The molecular weight excluding hydrogens is 164 g/mol. The molecule has 1 aromatic carbocycles. The second-order valence-corrected chi connectivity index (χ2v) is 2.15. The molecule has 0 saturated heterocycles. The Kier molecular flexibility index (Phi) is 2.74. The number of hydrogen-bond acceptors (Lipinski definition) is 2. The third-order valence-corrected chi connectivity index (χ3v) is 1.38. The van der Waals surface area contributed by atoms with Gasteiger partial charge in [0.25, 0.3) is 6.43 Å². The monoisotopic (exact) mass is 171 g/mol. The van der Waals surface area contributed by atoms with Gasteiger partial charge in [0.1, 0.15) is 0 Å². The van der Waals surface area contributed by atoms with Crippen molar-refractivity contribution in [3.05, 3.63) is 35.9 Å². The summed E-state index contributed by atoms with van der Waals surface area (Å²) in [7, 11) is 0. The van der Waals surface area contributed by atoms with Crippen molar-refractivity contribution in [1.82, 2.24) is 0 Å².